The third-order valence-electron chi connectivity index (χ3n) is 3.60. The van der Waals surface area contributed by atoms with Gasteiger partial charge >= 0.3 is 0 Å². The second kappa shape index (κ2) is 6.94. The van der Waals surface area contributed by atoms with Gasteiger partial charge in [-0.1, -0.05) is 12.2 Å². The van der Waals surface area contributed by atoms with E-state index in [1.807, 2.05) is 0 Å². The van der Waals surface area contributed by atoms with Crippen molar-refractivity contribution in [1.29, 1.82) is 0 Å². The molecule has 1 unspecified atom stereocenters. The zero-order chi connectivity index (χ0) is 15.2. The maximum Gasteiger partial charge on any atom is 0.280 e. The van der Waals surface area contributed by atoms with Crippen molar-refractivity contribution >= 4 is 11.4 Å². The normalized spacial score (nSPS) is 17.6. The Kier molecular flexibility index (Phi) is 4.99. The van der Waals surface area contributed by atoms with Crippen LogP contribution in [-0.4, -0.2) is 16.4 Å². The molecule has 21 heavy (non-hydrogen) atoms. The van der Waals surface area contributed by atoms with Crippen LogP contribution in [0.3, 0.4) is 0 Å². The fourth-order valence-electron chi connectivity index (χ4n) is 2.44. The molecule has 0 aliphatic heterocycles. The second-order valence-corrected chi connectivity index (χ2v) is 5.11. The second-order valence-electron chi connectivity index (χ2n) is 5.11. The van der Waals surface area contributed by atoms with Gasteiger partial charge < -0.3 is 5.32 Å². The van der Waals surface area contributed by atoms with E-state index in [0.29, 0.717) is 18.0 Å². The van der Waals surface area contributed by atoms with Crippen molar-refractivity contribution in [3.8, 4) is 0 Å². The smallest absolute Gasteiger partial charge is 0.280 e. The Balaban J connectivity index is 2.00. The summed E-state index contributed by atoms with van der Waals surface area (Å²) in [4.78, 5) is 20.5. The molecule has 0 aromatic heterocycles. The fraction of sp³-hybridized carbons (Fsp3) is 0.429. The van der Waals surface area contributed by atoms with E-state index in [1.54, 1.807) is 0 Å². The van der Waals surface area contributed by atoms with Crippen molar-refractivity contribution < 1.29 is 9.85 Å². The molecule has 1 N–H and O–H groups in total. The first-order valence-corrected chi connectivity index (χ1v) is 6.85. The Hall–Kier alpha value is -2.28. The predicted octanol–water partition coefficient (Wildman–Crippen LogP) is 2.95. The van der Waals surface area contributed by atoms with Crippen molar-refractivity contribution in [2.75, 3.05) is 6.54 Å². The lowest BCUT2D eigenvalue weighted by Gasteiger charge is -2.18. The lowest BCUT2D eigenvalue weighted by molar-refractivity contribution is -0.394. The van der Waals surface area contributed by atoms with E-state index < -0.39 is 9.85 Å². The van der Waals surface area contributed by atoms with E-state index in [9.17, 15) is 20.2 Å². The maximum atomic E-state index is 11.0. The molecule has 1 aliphatic rings. The molecule has 0 saturated carbocycles. The number of allylic oxidation sites excluding steroid dienone is 2. The van der Waals surface area contributed by atoms with Gasteiger partial charge in [0.05, 0.1) is 15.9 Å². The maximum absolute atomic E-state index is 11.0. The van der Waals surface area contributed by atoms with Crippen LogP contribution >= 0.6 is 0 Å². The van der Waals surface area contributed by atoms with Gasteiger partial charge in [0.25, 0.3) is 11.4 Å². The van der Waals surface area contributed by atoms with E-state index in [1.165, 1.54) is 12.1 Å². The highest BCUT2D eigenvalue weighted by Crippen LogP contribution is 2.24. The first kappa shape index (κ1) is 15.1. The number of nitrogens with one attached hydrogen (secondary N) is 1. The highest BCUT2D eigenvalue weighted by molar-refractivity contribution is 5.49. The van der Waals surface area contributed by atoms with Crippen molar-refractivity contribution in [3.63, 3.8) is 0 Å². The van der Waals surface area contributed by atoms with Crippen LogP contribution in [0, 0.1) is 26.1 Å². The third-order valence-corrected chi connectivity index (χ3v) is 3.60. The van der Waals surface area contributed by atoms with E-state index >= 15 is 0 Å². The van der Waals surface area contributed by atoms with Crippen LogP contribution in [0.15, 0.2) is 30.4 Å². The Morgan fingerprint density at radius 2 is 2.00 bits per heavy atom. The quantitative estimate of drug-likeness (QED) is 0.493. The monoisotopic (exact) mass is 291 g/mol. The number of non-ortho nitro benzene ring substituents is 1. The summed E-state index contributed by atoms with van der Waals surface area (Å²) in [6.07, 6.45) is 7.53. The lowest BCUT2D eigenvalue weighted by atomic mass is 9.94. The van der Waals surface area contributed by atoms with Crippen LogP contribution < -0.4 is 5.32 Å². The number of nitrogens with zero attached hydrogens (tertiary/aromatic N) is 2. The zero-order valence-corrected chi connectivity index (χ0v) is 11.5. The highest BCUT2D eigenvalue weighted by atomic mass is 16.6. The molecule has 0 spiro atoms. The van der Waals surface area contributed by atoms with Gasteiger partial charge in [0.2, 0.25) is 0 Å². The number of nitro benzene ring substituents is 2. The summed E-state index contributed by atoms with van der Waals surface area (Å²) in [7, 11) is 0. The highest BCUT2D eigenvalue weighted by Gasteiger charge is 2.19. The van der Waals surface area contributed by atoms with Crippen LogP contribution in [0.25, 0.3) is 0 Å². The molecule has 1 aromatic carbocycles. The molecule has 112 valence electrons. The van der Waals surface area contributed by atoms with Crippen molar-refractivity contribution in [1.82, 2.24) is 5.32 Å². The average Bonchev–Trinajstić information content (AvgIpc) is 2.48. The number of hydrogen-bond acceptors (Lipinski definition) is 5. The summed E-state index contributed by atoms with van der Waals surface area (Å²) in [5, 5.41) is 24.9. The summed E-state index contributed by atoms with van der Waals surface area (Å²) in [6, 6.07) is 3.76. The van der Waals surface area contributed by atoms with Crippen LogP contribution in [0.2, 0.25) is 0 Å². The number of hydrogen-bond donors (Lipinski definition) is 1. The molecule has 7 nitrogen and oxygen atoms in total. The van der Waals surface area contributed by atoms with Crippen LogP contribution in [0.4, 0.5) is 11.4 Å². The molecule has 1 aliphatic carbocycles. The molecule has 1 atom stereocenters. The topological polar surface area (TPSA) is 98.3 Å². The van der Waals surface area contributed by atoms with Crippen LogP contribution in [0.1, 0.15) is 24.8 Å². The number of rotatable bonds is 6. The van der Waals surface area contributed by atoms with E-state index in [2.05, 4.69) is 17.5 Å². The molecule has 2 rings (SSSR count). The summed E-state index contributed by atoms with van der Waals surface area (Å²) < 4.78 is 0. The van der Waals surface area contributed by atoms with Gasteiger partial charge in [-0.3, -0.25) is 20.2 Å². The number of nitro groups is 2. The molecule has 0 radical (unpaired) electrons. The molecule has 0 heterocycles. The van der Waals surface area contributed by atoms with Gasteiger partial charge in [-0.15, -0.1) is 0 Å². The Labute approximate surface area is 122 Å². The molecule has 0 saturated heterocycles. The summed E-state index contributed by atoms with van der Waals surface area (Å²) >= 11 is 0. The third kappa shape index (κ3) is 4.09. The SMILES string of the molecule is O=[N+]([O-])c1ccc(CNCC2CC=CCC2)c([N+](=O)[O-])c1. The minimum absolute atomic E-state index is 0.208. The Morgan fingerprint density at radius 1 is 1.19 bits per heavy atom. The van der Waals surface area contributed by atoms with Crippen molar-refractivity contribution in [2.45, 2.75) is 25.8 Å². The molecule has 1 aromatic rings. The largest absolute Gasteiger partial charge is 0.312 e. The van der Waals surface area contributed by atoms with Crippen molar-refractivity contribution in [3.05, 3.63) is 56.1 Å². The molecule has 0 fully saturated rings. The summed E-state index contributed by atoms with van der Waals surface area (Å²) in [5.41, 5.74) is 0.0000548. The number of benzene rings is 1. The average molecular weight is 291 g/mol. The minimum atomic E-state index is -0.626. The molecular formula is C14H17N3O4. The van der Waals surface area contributed by atoms with E-state index in [4.69, 9.17) is 0 Å². The Bertz CT molecular complexity index is 571. The predicted molar refractivity (Wildman–Crippen MR) is 77.9 cm³/mol. The van der Waals surface area contributed by atoms with Gasteiger partial charge in [-0.25, -0.2) is 0 Å². The molecule has 7 heteroatoms. The van der Waals surface area contributed by atoms with Crippen LogP contribution in [0.5, 0.6) is 0 Å². The fourth-order valence-corrected chi connectivity index (χ4v) is 2.44. The summed E-state index contributed by atoms with van der Waals surface area (Å²) in [6.45, 7) is 1.13. The van der Waals surface area contributed by atoms with E-state index in [-0.39, 0.29) is 11.4 Å². The standard InChI is InChI=1S/C14H17N3O4/c18-16(19)13-7-6-12(14(8-13)17(20)21)10-15-9-11-4-2-1-3-5-11/h1-2,6-8,11,15H,3-5,9-10H2. The van der Waals surface area contributed by atoms with Gasteiger partial charge in [-0.2, -0.15) is 0 Å². The zero-order valence-electron chi connectivity index (χ0n) is 11.5. The van der Waals surface area contributed by atoms with Gasteiger partial charge in [0.1, 0.15) is 0 Å². The lowest BCUT2D eigenvalue weighted by Crippen LogP contribution is -2.23. The first-order chi connectivity index (χ1) is 10.1. The van der Waals surface area contributed by atoms with E-state index in [0.717, 1.165) is 31.9 Å². The Morgan fingerprint density at radius 3 is 2.62 bits per heavy atom. The molecular weight excluding hydrogens is 274 g/mol. The van der Waals surface area contributed by atoms with Crippen molar-refractivity contribution in [2.24, 2.45) is 5.92 Å². The molecule has 0 amide bonds. The van der Waals surface area contributed by atoms with Gasteiger partial charge in [-0.05, 0) is 37.8 Å². The van der Waals surface area contributed by atoms with Gasteiger partial charge in [0, 0.05) is 18.2 Å². The minimum Gasteiger partial charge on any atom is -0.312 e. The molecule has 0 bridgehead atoms. The van der Waals surface area contributed by atoms with Gasteiger partial charge in [0.15, 0.2) is 0 Å². The first-order valence-electron chi connectivity index (χ1n) is 6.85. The summed E-state index contributed by atoms with van der Waals surface area (Å²) in [5.74, 6) is 0.548. The van der Waals surface area contributed by atoms with Crippen LogP contribution in [-0.2, 0) is 6.54 Å².